The van der Waals surface area contributed by atoms with Crippen LogP contribution in [-0.2, 0) is 4.79 Å². The van der Waals surface area contributed by atoms with Gasteiger partial charge in [0, 0.05) is 40.1 Å². The zero-order valence-electron chi connectivity index (χ0n) is 19.9. The molecule has 1 amide bonds. The minimum Gasteiger partial charge on any atom is -0.494 e. The van der Waals surface area contributed by atoms with E-state index in [0.29, 0.717) is 34.8 Å². The summed E-state index contributed by atoms with van der Waals surface area (Å²) in [6, 6.07) is 21.1. The van der Waals surface area contributed by atoms with Gasteiger partial charge in [0.15, 0.2) is 22.5 Å². The number of fused-ring (bicyclic) bond motifs is 2. The fraction of sp³-hybridized carbons (Fsp3) is 0.148. The number of nitrogens with zero attached hydrogens (tertiary/aromatic N) is 3. The van der Waals surface area contributed by atoms with Gasteiger partial charge in [0.05, 0.1) is 12.4 Å². The molecule has 0 bridgehead atoms. The van der Waals surface area contributed by atoms with Crippen LogP contribution in [0.1, 0.15) is 6.92 Å². The number of amides is 1. The van der Waals surface area contributed by atoms with Gasteiger partial charge < -0.3 is 24.5 Å². The number of hydrogen-bond donors (Lipinski definition) is 2. The number of H-pyrrole nitrogens is 1. The Morgan fingerprint density at radius 2 is 1.92 bits per heavy atom. The highest BCUT2D eigenvalue weighted by molar-refractivity contribution is 7.99. The molecule has 3 heterocycles. The Morgan fingerprint density at radius 3 is 2.78 bits per heavy atom. The molecule has 0 spiro atoms. The van der Waals surface area contributed by atoms with Crippen molar-refractivity contribution in [2.24, 2.45) is 0 Å². The Morgan fingerprint density at radius 1 is 1.08 bits per heavy atom. The van der Waals surface area contributed by atoms with E-state index in [0.717, 1.165) is 27.9 Å². The molecular formula is C27H23N5O4S. The molecule has 10 heteroatoms. The number of benzene rings is 3. The first-order valence-electron chi connectivity index (χ1n) is 11.8. The monoisotopic (exact) mass is 513 g/mol. The summed E-state index contributed by atoms with van der Waals surface area (Å²) in [6.45, 7) is 2.72. The average molecular weight is 514 g/mol. The molecule has 0 saturated heterocycles. The van der Waals surface area contributed by atoms with Crippen LogP contribution in [0.5, 0.6) is 17.2 Å². The first kappa shape index (κ1) is 23.0. The van der Waals surface area contributed by atoms with Crippen LogP contribution >= 0.6 is 11.8 Å². The van der Waals surface area contributed by atoms with Crippen molar-refractivity contribution >= 4 is 34.3 Å². The highest BCUT2D eigenvalue weighted by atomic mass is 32.2. The normalized spacial score (nSPS) is 12.1. The second-order valence-corrected chi connectivity index (χ2v) is 9.16. The van der Waals surface area contributed by atoms with Gasteiger partial charge in [0.25, 0.3) is 0 Å². The lowest BCUT2D eigenvalue weighted by Gasteiger charge is -2.11. The SMILES string of the molecule is CCOc1ccc(-n2c(SCC(=O)Nc3ccc4c(c3)OCO4)nnc2-c2c[nH]c3ccccc23)cc1. The van der Waals surface area contributed by atoms with E-state index in [1.807, 2.05) is 66.2 Å². The van der Waals surface area contributed by atoms with Crippen LogP contribution in [0.15, 0.2) is 78.1 Å². The summed E-state index contributed by atoms with van der Waals surface area (Å²) >= 11 is 1.31. The van der Waals surface area contributed by atoms with Crippen molar-refractivity contribution < 1.29 is 19.0 Å². The third kappa shape index (κ3) is 4.58. The molecule has 2 N–H and O–H groups in total. The molecule has 1 aliphatic rings. The number of thioether (sulfide) groups is 1. The van der Waals surface area contributed by atoms with E-state index in [9.17, 15) is 4.79 Å². The molecular weight excluding hydrogens is 490 g/mol. The summed E-state index contributed by atoms with van der Waals surface area (Å²) < 4.78 is 18.3. The Bertz CT molecular complexity index is 1580. The Labute approximate surface area is 216 Å². The number of carbonyl (C=O) groups excluding carboxylic acids is 1. The van der Waals surface area contributed by atoms with Crippen molar-refractivity contribution in [1.29, 1.82) is 0 Å². The molecule has 1 aliphatic heterocycles. The zero-order valence-corrected chi connectivity index (χ0v) is 20.7. The lowest BCUT2D eigenvalue weighted by Crippen LogP contribution is -2.14. The van der Waals surface area contributed by atoms with Crippen molar-refractivity contribution in [2.45, 2.75) is 12.1 Å². The molecule has 0 unspecified atom stereocenters. The summed E-state index contributed by atoms with van der Waals surface area (Å²) in [6.07, 6.45) is 1.93. The van der Waals surface area contributed by atoms with E-state index in [1.54, 1.807) is 18.2 Å². The first-order valence-corrected chi connectivity index (χ1v) is 12.8. The van der Waals surface area contributed by atoms with Crippen LogP contribution in [0.3, 0.4) is 0 Å². The maximum atomic E-state index is 12.8. The molecule has 186 valence electrons. The van der Waals surface area contributed by atoms with Crippen molar-refractivity contribution in [3.05, 3.63) is 72.9 Å². The van der Waals surface area contributed by atoms with Gasteiger partial charge in [0.2, 0.25) is 12.7 Å². The van der Waals surface area contributed by atoms with Crippen LogP contribution in [-0.4, -0.2) is 44.8 Å². The molecule has 6 rings (SSSR count). The average Bonchev–Trinajstić information content (AvgIpc) is 3.66. The van der Waals surface area contributed by atoms with Gasteiger partial charge in [-0.3, -0.25) is 9.36 Å². The first-order chi connectivity index (χ1) is 18.2. The minimum absolute atomic E-state index is 0.150. The third-order valence-corrected chi connectivity index (χ3v) is 6.79. The molecule has 0 atom stereocenters. The number of aromatic nitrogens is 4. The van der Waals surface area contributed by atoms with Gasteiger partial charge in [-0.25, -0.2) is 0 Å². The molecule has 3 aromatic carbocycles. The molecule has 5 aromatic rings. The fourth-order valence-electron chi connectivity index (χ4n) is 4.19. The Balaban J connectivity index is 1.29. The largest absolute Gasteiger partial charge is 0.494 e. The number of hydrogen-bond acceptors (Lipinski definition) is 7. The second kappa shape index (κ2) is 9.90. The van der Waals surface area contributed by atoms with E-state index < -0.39 is 0 Å². The van der Waals surface area contributed by atoms with Gasteiger partial charge in [0.1, 0.15) is 5.75 Å². The molecule has 0 saturated carbocycles. The highest BCUT2D eigenvalue weighted by Gasteiger charge is 2.20. The Kier molecular flexibility index (Phi) is 6.15. The summed E-state index contributed by atoms with van der Waals surface area (Å²) in [5, 5.41) is 13.5. The van der Waals surface area contributed by atoms with Crippen LogP contribution in [0.4, 0.5) is 5.69 Å². The predicted octanol–water partition coefficient (Wildman–Crippen LogP) is 5.27. The molecule has 0 aliphatic carbocycles. The molecule has 0 fully saturated rings. The number of para-hydroxylation sites is 1. The number of carbonyl (C=O) groups is 1. The van der Waals surface area contributed by atoms with Crippen LogP contribution in [0.25, 0.3) is 28.0 Å². The summed E-state index contributed by atoms with van der Waals surface area (Å²) in [5.74, 6) is 2.73. The lowest BCUT2D eigenvalue weighted by molar-refractivity contribution is -0.113. The minimum atomic E-state index is -0.168. The van der Waals surface area contributed by atoms with Crippen molar-refractivity contribution in [2.75, 3.05) is 24.5 Å². The maximum absolute atomic E-state index is 12.8. The maximum Gasteiger partial charge on any atom is 0.234 e. The molecule has 2 aromatic heterocycles. The smallest absolute Gasteiger partial charge is 0.234 e. The second-order valence-electron chi connectivity index (χ2n) is 8.22. The quantitative estimate of drug-likeness (QED) is 0.272. The lowest BCUT2D eigenvalue weighted by atomic mass is 10.1. The molecule has 9 nitrogen and oxygen atoms in total. The topological polar surface area (TPSA) is 103 Å². The van der Waals surface area contributed by atoms with Gasteiger partial charge in [-0.05, 0) is 49.4 Å². The molecule has 37 heavy (non-hydrogen) atoms. The highest BCUT2D eigenvalue weighted by Crippen LogP contribution is 2.35. The van der Waals surface area contributed by atoms with E-state index in [-0.39, 0.29) is 18.5 Å². The predicted molar refractivity (Wildman–Crippen MR) is 142 cm³/mol. The van der Waals surface area contributed by atoms with Crippen molar-refractivity contribution in [3.63, 3.8) is 0 Å². The number of ether oxygens (including phenoxy) is 3. The molecule has 0 radical (unpaired) electrons. The van der Waals surface area contributed by atoms with Crippen molar-refractivity contribution in [3.8, 4) is 34.3 Å². The van der Waals surface area contributed by atoms with E-state index >= 15 is 0 Å². The number of anilines is 1. The van der Waals surface area contributed by atoms with Crippen LogP contribution in [0.2, 0.25) is 0 Å². The summed E-state index contributed by atoms with van der Waals surface area (Å²) in [4.78, 5) is 16.1. The zero-order chi connectivity index (χ0) is 25.2. The van der Waals surface area contributed by atoms with Gasteiger partial charge in [-0.2, -0.15) is 0 Å². The Hall–Kier alpha value is -4.44. The third-order valence-electron chi connectivity index (χ3n) is 5.86. The van der Waals surface area contributed by atoms with Crippen molar-refractivity contribution in [1.82, 2.24) is 19.7 Å². The van der Waals surface area contributed by atoms with E-state index in [4.69, 9.17) is 14.2 Å². The van der Waals surface area contributed by atoms with Crippen LogP contribution in [0, 0.1) is 0 Å². The number of aromatic amines is 1. The van der Waals surface area contributed by atoms with Gasteiger partial charge in [-0.15, -0.1) is 10.2 Å². The van der Waals surface area contributed by atoms with E-state index in [1.165, 1.54) is 11.8 Å². The standard InChI is InChI=1S/C27H23N5O4S/c1-2-34-19-10-8-18(9-11-19)32-26(21-14-28-22-6-4-3-5-20(21)22)30-31-27(32)37-15-25(33)29-17-7-12-23-24(13-17)36-16-35-23/h3-14,28H,2,15-16H2,1H3,(H,29,33). The fourth-order valence-corrected chi connectivity index (χ4v) is 4.94. The number of nitrogens with one attached hydrogen (secondary N) is 2. The number of rotatable bonds is 8. The summed E-state index contributed by atoms with van der Waals surface area (Å²) in [7, 11) is 0. The van der Waals surface area contributed by atoms with Gasteiger partial charge in [-0.1, -0.05) is 30.0 Å². The summed E-state index contributed by atoms with van der Waals surface area (Å²) in [5.41, 5.74) is 3.44. The van der Waals surface area contributed by atoms with Gasteiger partial charge >= 0.3 is 0 Å². The van der Waals surface area contributed by atoms with E-state index in [2.05, 4.69) is 20.5 Å². The van der Waals surface area contributed by atoms with Crippen LogP contribution < -0.4 is 19.5 Å².